The molecule has 0 saturated carbocycles. The lowest BCUT2D eigenvalue weighted by molar-refractivity contribution is -0.105. The number of carbonyl (C=O) groups excluding carboxylic acids is 2. The highest BCUT2D eigenvalue weighted by Gasteiger charge is 2.10. The minimum absolute atomic E-state index is 0.370. The SMILES string of the molecule is O=CNc1cc(-c2ccc(NC(=O)Nc3ccc(F)cc3)cc2)c2cc[nH]c2n1. The Morgan fingerprint density at radius 2 is 1.62 bits per heavy atom. The summed E-state index contributed by atoms with van der Waals surface area (Å²) < 4.78 is 12.9. The number of benzene rings is 2. The van der Waals surface area contributed by atoms with Crippen molar-refractivity contribution in [3.05, 3.63) is 72.7 Å². The molecule has 0 aliphatic heterocycles. The Bertz CT molecular complexity index is 1170. The summed E-state index contributed by atoms with van der Waals surface area (Å²) in [6.45, 7) is 0. The highest BCUT2D eigenvalue weighted by Crippen LogP contribution is 2.30. The smallest absolute Gasteiger partial charge is 0.323 e. The van der Waals surface area contributed by atoms with Gasteiger partial charge in [-0.2, -0.15) is 0 Å². The minimum Gasteiger partial charge on any atom is -0.346 e. The first-order chi connectivity index (χ1) is 14.1. The molecule has 0 spiro atoms. The summed E-state index contributed by atoms with van der Waals surface area (Å²) in [5.74, 6) is 0.0662. The number of aromatic amines is 1. The molecule has 3 amide bonds. The van der Waals surface area contributed by atoms with Crippen molar-refractivity contribution in [3.63, 3.8) is 0 Å². The molecule has 0 saturated heterocycles. The molecule has 0 bridgehead atoms. The first-order valence-electron chi connectivity index (χ1n) is 8.75. The van der Waals surface area contributed by atoms with Gasteiger partial charge in [0.05, 0.1) is 0 Å². The standard InChI is InChI=1S/C21H16FN5O2/c22-14-3-7-16(8-4-14)26-21(29)25-15-5-1-13(2-6-15)18-11-19(24-12-28)27-20-17(18)9-10-23-20/h1-12H,(H2,25,26,29)(H2,23,24,27,28). The van der Waals surface area contributed by atoms with E-state index in [2.05, 4.69) is 25.9 Å². The molecular formula is C21H16FN5O2. The monoisotopic (exact) mass is 389 g/mol. The van der Waals surface area contributed by atoms with Gasteiger partial charge in [0.1, 0.15) is 17.3 Å². The maximum atomic E-state index is 12.9. The summed E-state index contributed by atoms with van der Waals surface area (Å²) in [4.78, 5) is 30.2. The zero-order chi connectivity index (χ0) is 20.2. The van der Waals surface area contributed by atoms with Gasteiger partial charge in [0.25, 0.3) is 0 Å². The van der Waals surface area contributed by atoms with Crippen LogP contribution in [-0.2, 0) is 4.79 Å². The molecule has 8 heteroatoms. The van der Waals surface area contributed by atoms with Gasteiger partial charge in [-0.25, -0.2) is 14.2 Å². The molecule has 4 N–H and O–H groups in total. The number of amides is 3. The van der Waals surface area contributed by atoms with Crippen LogP contribution < -0.4 is 16.0 Å². The second-order valence-electron chi connectivity index (χ2n) is 6.22. The topological polar surface area (TPSA) is 98.9 Å². The number of carbonyl (C=O) groups is 2. The predicted octanol–water partition coefficient (Wildman–Crippen LogP) is 4.58. The molecule has 144 valence electrons. The van der Waals surface area contributed by atoms with Crippen LogP contribution in [0.5, 0.6) is 0 Å². The molecule has 2 heterocycles. The van der Waals surface area contributed by atoms with Crippen LogP contribution in [0.2, 0.25) is 0 Å². The maximum absolute atomic E-state index is 12.9. The van der Waals surface area contributed by atoms with Crippen molar-refractivity contribution in [3.8, 4) is 11.1 Å². The van der Waals surface area contributed by atoms with Crippen molar-refractivity contribution in [1.82, 2.24) is 9.97 Å². The number of nitrogens with zero attached hydrogens (tertiary/aromatic N) is 1. The van der Waals surface area contributed by atoms with Gasteiger partial charge in [-0.3, -0.25) is 4.79 Å². The van der Waals surface area contributed by atoms with Gasteiger partial charge in [0, 0.05) is 23.0 Å². The van der Waals surface area contributed by atoms with Crippen LogP contribution in [0, 0.1) is 5.82 Å². The van der Waals surface area contributed by atoms with Crippen molar-refractivity contribution in [1.29, 1.82) is 0 Å². The van der Waals surface area contributed by atoms with Gasteiger partial charge < -0.3 is 20.9 Å². The second kappa shape index (κ2) is 7.81. The average Bonchev–Trinajstić information content (AvgIpc) is 3.19. The third-order valence-electron chi connectivity index (χ3n) is 4.29. The molecule has 4 rings (SSSR count). The number of H-pyrrole nitrogens is 1. The Hall–Kier alpha value is -4.20. The molecule has 0 aliphatic rings. The summed E-state index contributed by atoms with van der Waals surface area (Å²) in [6, 6.07) is 16.0. The van der Waals surface area contributed by atoms with Crippen LogP contribution in [0.3, 0.4) is 0 Å². The lowest BCUT2D eigenvalue weighted by Gasteiger charge is -2.10. The molecule has 29 heavy (non-hydrogen) atoms. The van der Waals surface area contributed by atoms with Crippen molar-refractivity contribution < 1.29 is 14.0 Å². The van der Waals surface area contributed by atoms with E-state index in [1.54, 1.807) is 24.4 Å². The number of hydrogen-bond donors (Lipinski definition) is 4. The van der Waals surface area contributed by atoms with Crippen LogP contribution in [-0.4, -0.2) is 22.4 Å². The predicted molar refractivity (Wildman–Crippen MR) is 110 cm³/mol. The fourth-order valence-corrected chi connectivity index (χ4v) is 2.97. The normalized spacial score (nSPS) is 10.5. The summed E-state index contributed by atoms with van der Waals surface area (Å²) in [6.07, 6.45) is 2.36. The molecule has 0 radical (unpaired) electrons. The molecule has 2 aromatic carbocycles. The lowest BCUT2D eigenvalue weighted by atomic mass is 10.0. The average molecular weight is 389 g/mol. The zero-order valence-corrected chi connectivity index (χ0v) is 15.1. The van der Waals surface area contributed by atoms with E-state index in [9.17, 15) is 14.0 Å². The van der Waals surface area contributed by atoms with Crippen LogP contribution in [0.1, 0.15) is 0 Å². The molecule has 4 aromatic rings. The number of rotatable bonds is 5. The second-order valence-corrected chi connectivity index (χ2v) is 6.22. The number of pyridine rings is 1. The molecule has 0 fully saturated rings. The number of urea groups is 1. The number of aromatic nitrogens is 2. The number of fused-ring (bicyclic) bond motifs is 1. The molecule has 0 atom stereocenters. The molecule has 0 aliphatic carbocycles. The van der Waals surface area contributed by atoms with E-state index in [4.69, 9.17) is 0 Å². The molecule has 0 unspecified atom stereocenters. The fraction of sp³-hybridized carbons (Fsp3) is 0. The van der Waals surface area contributed by atoms with E-state index >= 15 is 0 Å². The molecular weight excluding hydrogens is 373 g/mol. The van der Waals surface area contributed by atoms with Crippen LogP contribution in [0.4, 0.5) is 26.4 Å². The summed E-state index contributed by atoms with van der Waals surface area (Å²) >= 11 is 0. The van der Waals surface area contributed by atoms with Crippen molar-refractivity contribution in [2.45, 2.75) is 0 Å². The lowest BCUT2D eigenvalue weighted by Crippen LogP contribution is -2.19. The zero-order valence-electron chi connectivity index (χ0n) is 15.1. The van der Waals surface area contributed by atoms with Gasteiger partial charge in [0.2, 0.25) is 6.41 Å². The Balaban J connectivity index is 1.53. The number of anilines is 3. The van der Waals surface area contributed by atoms with Crippen molar-refractivity contribution in [2.75, 3.05) is 16.0 Å². The highest BCUT2D eigenvalue weighted by molar-refractivity contribution is 6.00. The van der Waals surface area contributed by atoms with E-state index in [0.29, 0.717) is 29.2 Å². The third-order valence-corrected chi connectivity index (χ3v) is 4.29. The van der Waals surface area contributed by atoms with E-state index in [1.807, 2.05) is 18.2 Å². The van der Waals surface area contributed by atoms with Crippen LogP contribution in [0.15, 0.2) is 66.9 Å². The Morgan fingerprint density at radius 1 is 0.966 bits per heavy atom. The van der Waals surface area contributed by atoms with E-state index in [-0.39, 0.29) is 5.82 Å². The maximum Gasteiger partial charge on any atom is 0.323 e. The van der Waals surface area contributed by atoms with Gasteiger partial charge in [-0.1, -0.05) is 12.1 Å². The largest absolute Gasteiger partial charge is 0.346 e. The summed E-state index contributed by atoms with van der Waals surface area (Å²) in [5, 5.41) is 8.84. The number of hydrogen-bond acceptors (Lipinski definition) is 3. The quantitative estimate of drug-likeness (QED) is 0.376. The molecule has 2 aromatic heterocycles. The van der Waals surface area contributed by atoms with Gasteiger partial charge in [0.15, 0.2) is 0 Å². The van der Waals surface area contributed by atoms with Gasteiger partial charge >= 0.3 is 6.03 Å². The molecule has 7 nitrogen and oxygen atoms in total. The highest BCUT2D eigenvalue weighted by atomic mass is 19.1. The summed E-state index contributed by atoms with van der Waals surface area (Å²) in [5.41, 5.74) is 3.53. The fourth-order valence-electron chi connectivity index (χ4n) is 2.97. The number of halogens is 1. The Kier molecular flexibility index (Phi) is 4.90. The van der Waals surface area contributed by atoms with Crippen molar-refractivity contribution >= 4 is 40.7 Å². The minimum atomic E-state index is -0.432. The van der Waals surface area contributed by atoms with E-state index in [0.717, 1.165) is 16.5 Å². The van der Waals surface area contributed by atoms with Crippen molar-refractivity contribution in [2.24, 2.45) is 0 Å². The van der Waals surface area contributed by atoms with Crippen LogP contribution in [0.25, 0.3) is 22.2 Å². The first-order valence-corrected chi connectivity index (χ1v) is 8.75. The van der Waals surface area contributed by atoms with Crippen LogP contribution >= 0.6 is 0 Å². The summed E-state index contributed by atoms with van der Waals surface area (Å²) in [7, 11) is 0. The number of nitrogens with one attached hydrogen (secondary N) is 4. The van der Waals surface area contributed by atoms with E-state index in [1.165, 1.54) is 24.3 Å². The Morgan fingerprint density at radius 3 is 2.28 bits per heavy atom. The van der Waals surface area contributed by atoms with Gasteiger partial charge in [-0.05, 0) is 59.7 Å². The first kappa shape index (κ1) is 18.2. The van der Waals surface area contributed by atoms with E-state index < -0.39 is 6.03 Å². The van der Waals surface area contributed by atoms with Gasteiger partial charge in [-0.15, -0.1) is 0 Å². The Labute approximate surface area is 165 Å². The third kappa shape index (κ3) is 4.06.